The van der Waals surface area contributed by atoms with E-state index in [1.165, 1.54) is 47.2 Å². The van der Waals surface area contributed by atoms with Crippen LogP contribution in [0.4, 0.5) is 4.39 Å². The maximum absolute atomic E-state index is 13.1. The highest BCUT2D eigenvalue weighted by Gasteiger charge is 2.24. The Hall–Kier alpha value is -1.99. The van der Waals surface area contributed by atoms with Gasteiger partial charge in [0, 0.05) is 10.3 Å². The van der Waals surface area contributed by atoms with Gasteiger partial charge in [0.15, 0.2) is 0 Å². The third kappa shape index (κ3) is 4.31. The topological polar surface area (TPSA) is 54.9 Å². The molecule has 4 nitrogen and oxygen atoms in total. The normalized spacial score (nSPS) is 15.7. The van der Waals surface area contributed by atoms with Crippen LogP contribution in [0.2, 0.25) is 0 Å². The minimum absolute atomic E-state index is 0.0552. The second-order valence-corrected chi connectivity index (χ2v) is 9.92. The molecule has 2 aromatic heterocycles. The smallest absolute Gasteiger partial charge is 0.233 e. The average Bonchev–Trinajstić information content (AvgIpc) is 3.06. The molecular formula is C22H24FN3OS2. The summed E-state index contributed by atoms with van der Waals surface area (Å²) in [6.07, 6.45) is 4.61. The van der Waals surface area contributed by atoms with E-state index in [0.29, 0.717) is 0 Å². The zero-order valence-corrected chi connectivity index (χ0v) is 18.4. The lowest BCUT2D eigenvalue weighted by atomic mass is 9.97. The van der Waals surface area contributed by atoms with E-state index in [9.17, 15) is 9.18 Å². The Morgan fingerprint density at radius 1 is 1.17 bits per heavy atom. The molecule has 2 atom stereocenters. The van der Waals surface area contributed by atoms with E-state index in [-0.39, 0.29) is 23.0 Å². The van der Waals surface area contributed by atoms with Crippen LogP contribution in [0, 0.1) is 12.7 Å². The number of aromatic nitrogens is 2. The summed E-state index contributed by atoms with van der Waals surface area (Å²) in [5, 5.41) is 4.79. The summed E-state index contributed by atoms with van der Waals surface area (Å²) in [5.41, 5.74) is 2.26. The second-order valence-electron chi connectivity index (χ2n) is 7.51. The Kier molecular flexibility index (Phi) is 5.88. The van der Waals surface area contributed by atoms with Crippen molar-refractivity contribution < 1.29 is 9.18 Å². The van der Waals surface area contributed by atoms with Gasteiger partial charge in [0.05, 0.1) is 11.3 Å². The molecule has 0 unspecified atom stereocenters. The number of benzene rings is 1. The molecule has 0 radical (unpaired) electrons. The lowest BCUT2D eigenvalue weighted by Gasteiger charge is -2.18. The highest BCUT2D eigenvalue weighted by atomic mass is 32.2. The van der Waals surface area contributed by atoms with Crippen molar-refractivity contribution in [2.45, 2.75) is 62.8 Å². The van der Waals surface area contributed by atoms with Crippen LogP contribution in [0.25, 0.3) is 10.2 Å². The van der Waals surface area contributed by atoms with E-state index in [1.54, 1.807) is 23.5 Å². The Labute approximate surface area is 178 Å². The highest BCUT2D eigenvalue weighted by Crippen LogP contribution is 2.40. The predicted octanol–water partition coefficient (Wildman–Crippen LogP) is 5.38. The number of nitrogens with one attached hydrogen (secondary N) is 1. The fourth-order valence-electron chi connectivity index (χ4n) is 3.70. The van der Waals surface area contributed by atoms with Crippen LogP contribution >= 0.6 is 23.1 Å². The first kappa shape index (κ1) is 20.3. The number of carbonyl (C=O) groups is 1. The van der Waals surface area contributed by atoms with Crippen molar-refractivity contribution in [1.82, 2.24) is 15.3 Å². The summed E-state index contributed by atoms with van der Waals surface area (Å²) in [7, 11) is 0. The minimum Gasteiger partial charge on any atom is -0.349 e. The standard InChI is InChI=1S/C22H24FN3OS2/c1-12(15-8-10-16(23)11-9-15)24-20(27)13(2)28-21-19-17-6-4-5-7-18(17)29-22(19)26-14(3)25-21/h8-13H,4-7H2,1-3H3,(H,24,27)/t12-,13-/m0/s1. The van der Waals surface area contributed by atoms with Gasteiger partial charge in [-0.1, -0.05) is 23.9 Å². The van der Waals surface area contributed by atoms with Crippen LogP contribution in [0.5, 0.6) is 0 Å². The van der Waals surface area contributed by atoms with Crippen molar-refractivity contribution >= 4 is 39.2 Å². The zero-order chi connectivity index (χ0) is 20.5. The fourth-order valence-corrected chi connectivity index (χ4v) is 6.10. The number of hydrogen-bond acceptors (Lipinski definition) is 5. The summed E-state index contributed by atoms with van der Waals surface area (Å²) < 4.78 is 13.1. The number of halogens is 1. The molecule has 2 heterocycles. The van der Waals surface area contributed by atoms with E-state index >= 15 is 0 Å². The summed E-state index contributed by atoms with van der Waals surface area (Å²) in [6, 6.07) is 6.04. The molecule has 1 amide bonds. The van der Waals surface area contributed by atoms with Gasteiger partial charge in [-0.3, -0.25) is 4.79 Å². The number of rotatable bonds is 5. The SMILES string of the molecule is Cc1nc(S[C@@H](C)C(=O)N[C@@H](C)c2ccc(F)cc2)c2c3c(sc2n1)CCCC3. The van der Waals surface area contributed by atoms with Gasteiger partial charge in [0.2, 0.25) is 5.91 Å². The van der Waals surface area contributed by atoms with Gasteiger partial charge in [-0.2, -0.15) is 0 Å². The zero-order valence-electron chi connectivity index (χ0n) is 16.8. The number of aryl methyl sites for hydroxylation is 3. The maximum atomic E-state index is 13.1. The molecule has 4 rings (SSSR count). The second kappa shape index (κ2) is 8.40. The molecule has 1 N–H and O–H groups in total. The number of thioether (sulfide) groups is 1. The van der Waals surface area contributed by atoms with E-state index in [1.807, 2.05) is 20.8 Å². The third-order valence-corrected chi connectivity index (χ3v) is 7.55. The van der Waals surface area contributed by atoms with E-state index in [4.69, 9.17) is 0 Å². The summed E-state index contributed by atoms with van der Waals surface area (Å²) in [5.74, 6) is 0.407. The van der Waals surface area contributed by atoms with Gasteiger partial charge in [-0.15, -0.1) is 11.3 Å². The van der Waals surface area contributed by atoms with Gasteiger partial charge in [0.25, 0.3) is 0 Å². The Balaban J connectivity index is 1.53. The van der Waals surface area contributed by atoms with Crippen molar-refractivity contribution in [2.24, 2.45) is 0 Å². The summed E-state index contributed by atoms with van der Waals surface area (Å²) >= 11 is 3.27. The third-order valence-electron chi connectivity index (χ3n) is 5.28. The van der Waals surface area contributed by atoms with Crippen molar-refractivity contribution in [2.75, 3.05) is 0 Å². The monoisotopic (exact) mass is 429 g/mol. The summed E-state index contributed by atoms with van der Waals surface area (Å²) in [4.78, 5) is 24.6. The van der Waals surface area contributed by atoms with Crippen LogP contribution in [0.15, 0.2) is 29.3 Å². The minimum atomic E-state index is -0.297. The molecule has 0 bridgehead atoms. The predicted molar refractivity (Wildman–Crippen MR) is 117 cm³/mol. The fraction of sp³-hybridized carbons (Fsp3) is 0.409. The molecule has 0 saturated carbocycles. The Bertz CT molecular complexity index is 1050. The number of fused-ring (bicyclic) bond motifs is 3. The first-order valence-corrected chi connectivity index (χ1v) is 11.6. The first-order valence-electron chi connectivity index (χ1n) is 9.93. The molecule has 1 aliphatic rings. The molecule has 152 valence electrons. The molecule has 0 spiro atoms. The molecule has 1 aliphatic carbocycles. The van der Waals surface area contributed by atoms with Crippen molar-refractivity contribution in [3.05, 3.63) is 51.9 Å². The van der Waals surface area contributed by atoms with Crippen LogP contribution in [0.3, 0.4) is 0 Å². The lowest BCUT2D eigenvalue weighted by molar-refractivity contribution is -0.120. The molecule has 7 heteroatoms. The maximum Gasteiger partial charge on any atom is 0.233 e. The van der Waals surface area contributed by atoms with Crippen LogP contribution in [-0.4, -0.2) is 21.1 Å². The molecule has 0 aliphatic heterocycles. The molecular weight excluding hydrogens is 405 g/mol. The van der Waals surface area contributed by atoms with Crippen LogP contribution < -0.4 is 5.32 Å². The first-order chi connectivity index (χ1) is 13.9. The largest absolute Gasteiger partial charge is 0.349 e. The van der Waals surface area contributed by atoms with E-state index in [2.05, 4.69) is 15.3 Å². The van der Waals surface area contributed by atoms with Gasteiger partial charge >= 0.3 is 0 Å². The Morgan fingerprint density at radius 3 is 2.66 bits per heavy atom. The quantitative estimate of drug-likeness (QED) is 0.437. The van der Waals surface area contributed by atoms with E-state index < -0.39 is 0 Å². The van der Waals surface area contributed by atoms with Crippen molar-refractivity contribution in [1.29, 1.82) is 0 Å². The highest BCUT2D eigenvalue weighted by molar-refractivity contribution is 8.00. The van der Waals surface area contributed by atoms with Crippen molar-refractivity contribution in [3.8, 4) is 0 Å². The molecule has 3 aromatic rings. The number of carbonyl (C=O) groups excluding carboxylic acids is 1. The van der Waals surface area contributed by atoms with Gasteiger partial charge in [0.1, 0.15) is 21.5 Å². The van der Waals surface area contributed by atoms with Gasteiger partial charge in [-0.05, 0) is 69.7 Å². The lowest BCUT2D eigenvalue weighted by Crippen LogP contribution is -2.33. The molecule has 0 fully saturated rings. The number of hydrogen-bond donors (Lipinski definition) is 1. The average molecular weight is 430 g/mol. The Morgan fingerprint density at radius 2 is 1.90 bits per heavy atom. The number of amides is 1. The molecule has 0 saturated heterocycles. The summed E-state index contributed by atoms with van der Waals surface area (Å²) in [6.45, 7) is 5.72. The van der Waals surface area contributed by atoms with Gasteiger partial charge in [-0.25, -0.2) is 14.4 Å². The number of nitrogens with zero attached hydrogens (tertiary/aromatic N) is 2. The van der Waals surface area contributed by atoms with Crippen molar-refractivity contribution in [3.63, 3.8) is 0 Å². The van der Waals surface area contributed by atoms with Crippen LogP contribution in [-0.2, 0) is 17.6 Å². The molecule has 29 heavy (non-hydrogen) atoms. The van der Waals surface area contributed by atoms with E-state index in [0.717, 1.165) is 39.5 Å². The number of thiophene rings is 1. The van der Waals surface area contributed by atoms with Crippen LogP contribution in [0.1, 0.15) is 54.6 Å². The van der Waals surface area contributed by atoms with Gasteiger partial charge < -0.3 is 5.32 Å². The molecule has 1 aromatic carbocycles.